The molecule has 0 aromatic carbocycles. The van der Waals surface area contributed by atoms with Crippen LogP contribution in [-0.2, 0) is 4.74 Å². The maximum absolute atomic E-state index is 10.1. The lowest BCUT2D eigenvalue weighted by molar-refractivity contribution is -0.180. The lowest BCUT2D eigenvalue weighted by Gasteiger charge is -2.42. The highest BCUT2D eigenvalue weighted by Gasteiger charge is 2.74. The minimum absolute atomic E-state index is 0.184. The van der Waals surface area contributed by atoms with Crippen molar-refractivity contribution in [2.24, 2.45) is 17.1 Å². The van der Waals surface area contributed by atoms with E-state index in [1.807, 2.05) is 20.8 Å². The number of fused-ring (bicyclic) bond motifs is 1. The van der Waals surface area contributed by atoms with Crippen LogP contribution in [0.4, 0.5) is 0 Å². The lowest BCUT2D eigenvalue weighted by Crippen LogP contribution is -2.57. The number of hydrogen-bond acceptors (Lipinski definition) is 5. The largest absolute Gasteiger partial charge is 0.394 e. The fraction of sp³-hybridized carbons (Fsp3) is 1.00. The van der Waals surface area contributed by atoms with Crippen molar-refractivity contribution < 1.29 is 20.1 Å². The molecule has 0 aromatic rings. The Morgan fingerprint density at radius 2 is 1.94 bits per heavy atom. The molecule has 2 aliphatic rings. The third kappa shape index (κ3) is 1.43. The molecule has 0 radical (unpaired) electrons. The molecule has 16 heavy (non-hydrogen) atoms. The molecule has 1 aliphatic carbocycles. The maximum atomic E-state index is 10.1. The van der Waals surface area contributed by atoms with Crippen LogP contribution in [0, 0.1) is 11.3 Å². The summed E-state index contributed by atoms with van der Waals surface area (Å²) in [5.74, 6) is -0.386. The van der Waals surface area contributed by atoms with Crippen molar-refractivity contribution in [1.82, 2.24) is 0 Å². The second kappa shape index (κ2) is 3.40. The molecule has 4 unspecified atom stereocenters. The Morgan fingerprint density at radius 1 is 1.38 bits per heavy atom. The SMILES string of the molecule is CC(C)(C)[C@@H]1OC(CO)[C@]2(O)C(O)C2C1N. The molecule has 6 atom stereocenters. The summed E-state index contributed by atoms with van der Waals surface area (Å²) in [5, 5.41) is 29.0. The molecule has 0 aromatic heterocycles. The van der Waals surface area contributed by atoms with E-state index in [1.165, 1.54) is 0 Å². The van der Waals surface area contributed by atoms with E-state index in [-0.39, 0.29) is 24.0 Å². The average Bonchev–Trinajstić information content (AvgIpc) is 2.69. The average molecular weight is 231 g/mol. The molecule has 2 rings (SSSR count). The highest BCUT2D eigenvalue weighted by molar-refractivity contribution is 5.25. The van der Waals surface area contributed by atoms with Gasteiger partial charge in [-0.2, -0.15) is 0 Å². The van der Waals surface area contributed by atoms with Gasteiger partial charge >= 0.3 is 0 Å². The van der Waals surface area contributed by atoms with Gasteiger partial charge in [-0.25, -0.2) is 0 Å². The first kappa shape index (κ1) is 12.3. The van der Waals surface area contributed by atoms with Gasteiger partial charge in [0.1, 0.15) is 11.7 Å². The first-order valence-corrected chi connectivity index (χ1v) is 5.67. The van der Waals surface area contributed by atoms with Crippen LogP contribution in [0.1, 0.15) is 20.8 Å². The van der Waals surface area contributed by atoms with E-state index in [0.717, 1.165) is 0 Å². The monoisotopic (exact) mass is 231 g/mol. The first-order chi connectivity index (χ1) is 7.24. The molecule has 1 heterocycles. The van der Waals surface area contributed by atoms with Crippen LogP contribution in [0.5, 0.6) is 0 Å². The lowest BCUT2D eigenvalue weighted by atomic mass is 9.80. The molecular weight excluding hydrogens is 210 g/mol. The van der Waals surface area contributed by atoms with Gasteiger partial charge in [-0.1, -0.05) is 20.8 Å². The zero-order valence-electron chi connectivity index (χ0n) is 9.92. The van der Waals surface area contributed by atoms with E-state index < -0.39 is 23.9 Å². The molecule has 94 valence electrons. The van der Waals surface area contributed by atoms with Gasteiger partial charge in [0.2, 0.25) is 0 Å². The molecular formula is C11H21NO4. The van der Waals surface area contributed by atoms with Gasteiger partial charge in [0, 0.05) is 12.0 Å². The quantitative estimate of drug-likeness (QED) is 0.456. The maximum Gasteiger partial charge on any atom is 0.126 e. The van der Waals surface area contributed by atoms with Crippen molar-refractivity contribution in [3.05, 3.63) is 0 Å². The zero-order valence-corrected chi connectivity index (χ0v) is 9.92. The van der Waals surface area contributed by atoms with Crippen LogP contribution in [0.2, 0.25) is 0 Å². The van der Waals surface area contributed by atoms with E-state index >= 15 is 0 Å². The van der Waals surface area contributed by atoms with Crippen molar-refractivity contribution in [1.29, 1.82) is 0 Å². The summed E-state index contributed by atoms with van der Waals surface area (Å²) in [7, 11) is 0. The summed E-state index contributed by atoms with van der Waals surface area (Å²) >= 11 is 0. The second-order valence-corrected chi connectivity index (χ2v) is 6.03. The van der Waals surface area contributed by atoms with E-state index in [9.17, 15) is 15.3 Å². The Bertz CT molecular complexity index is 286. The Balaban J connectivity index is 2.24. The molecule has 1 saturated heterocycles. The Hall–Kier alpha value is -0.200. The van der Waals surface area contributed by atoms with Crippen molar-refractivity contribution >= 4 is 0 Å². The number of rotatable bonds is 1. The van der Waals surface area contributed by atoms with E-state index in [4.69, 9.17) is 10.5 Å². The standard InChI is InChI=1S/C11H21NO4/c1-10(2,3)9-7(12)6-8(14)11(6,15)5(4-13)16-9/h5-9,13-15H,4,12H2,1-3H3/t5?,6?,7?,8?,9-,11-/m1/s1. The third-order valence-corrected chi connectivity index (χ3v) is 3.85. The number of aliphatic hydroxyl groups is 3. The van der Waals surface area contributed by atoms with Crippen LogP contribution in [-0.4, -0.2) is 51.9 Å². The number of nitrogens with two attached hydrogens (primary N) is 1. The summed E-state index contributed by atoms with van der Waals surface area (Å²) in [6.45, 7) is 5.67. The van der Waals surface area contributed by atoms with Crippen molar-refractivity contribution in [2.45, 2.75) is 50.7 Å². The zero-order chi connectivity index (χ0) is 12.3. The second-order valence-electron chi connectivity index (χ2n) is 6.03. The van der Waals surface area contributed by atoms with Crippen LogP contribution in [0.3, 0.4) is 0 Å². The van der Waals surface area contributed by atoms with E-state index in [1.54, 1.807) is 0 Å². The van der Waals surface area contributed by atoms with Gasteiger partial charge in [0.05, 0.1) is 18.8 Å². The molecule has 5 nitrogen and oxygen atoms in total. The van der Waals surface area contributed by atoms with Gasteiger partial charge < -0.3 is 25.8 Å². The summed E-state index contributed by atoms with van der Waals surface area (Å²) < 4.78 is 5.65. The van der Waals surface area contributed by atoms with Gasteiger partial charge in [-0.15, -0.1) is 0 Å². The van der Waals surface area contributed by atoms with Crippen molar-refractivity contribution in [2.75, 3.05) is 6.61 Å². The van der Waals surface area contributed by atoms with Crippen LogP contribution >= 0.6 is 0 Å². The number of hydrogen-bond donors (Lipinski definition) is 4. The molecule has 0 amide bonds. The molecule has 5 heteroatoms. The predicted molar refractivity (Wildman–Crippen MR) is 57.6 cm³/mol. The van der Waals surface area contributed by atoms with Crippen LogP contribution in [0.25, 0.3) is 0 Å². The van der Waals surface area contributed by atoms with Crippen LogP contribution < -0.4 is 5.73 Å². The topological polar surface area (TPSA) is 95.9 Å². The fourth-order valence-electron chi connectivity index (χ4n) is 2.86. The minimum Gasteiger partial charge on any atom is -0.394 e. The highest BCUT2D eigenvalue weighted by atomic mass is 16.5. The number of aliphatic hydroxyl groups excluding tert-OH is 2. The molecule has 5 N–H and O–H groups in total. The van der Waals surface area contributed by atoms with E-state index in [2.05, 4.69) is 0 Å². The normalized spacial score (nSPS) is 52.3. The van der Waals surface area contributed by atoms with Gasteiger partial charge in [-0.3, -0.25) is 0 Å². The smallest absolute Gasteiger partial charge is 0.126 e. The molecule has 0 bridgehead atoms. The third-order valence-electron chi connectivity index (χ3n) is 3.85. The Kier molecular flexibility index (Phi) is 2.60. The molecule has 1 aliphatic heterocycles. The van der Waals surface area contributed by atoms with E-state index in [0.29, 0.717) is 0 Å². The van der Waals surface area contributed by atoms with Crippen LogP contribution in [0.15, 0.2) is 0 Å². The summed E-state index contributed by atoms with van der Waals surface area (Å²) in [6.07, 6.45) is -1.89. The molecule has 1 saturated carbocycles. The summed E-state index contributed by atoms with van der Waals surface area (Å²) in [5.41, 5.74) is 4.48. The van der Waals surface area contributed by atoms with Gasteiger partial charge in [0.15, 0.2) is 0 Å². The minimum atomic E-state index is -1.35. The fourth-order valence-corrected chi connectivity index (χ4v) is 2.86. The predicted octanol–water partition coefficient (Wildman–Crippen LogP) is -1.16. The van der Waals surface area contributed by atoms with Gasteiger partial charge in [-0.05, 0) is 5.41 Å². The first-order valence-electron chi connectivity index (χ1n) is 5.67. The number of ether oxygens (including phenoxy) is 1. The summed E-state index contributed by atoms with van der Waals surface area (Å²) in [4.78, 5) is 0. The Morgan fingerprint density at radius 3 is 2.38 bits per heavy atom. The van der Waals surface area contributed by atoms with Crippen molar-refractivity contribution in [3.63, 3.8) is 0 Å². The van der Waals surface area contributed by atoms with Gasteiger partial charge in [0.25, 0.3) is 0 Å². The summed E-state index contributed by atoms with van der Waals surface area (Å²) in [6, 6.07) is -0.400. The molecule has 0 spiro atoms. The Labute approximate surface area is 95.2 Å². The van der Waals surface area contributed by atoms with Crippen molar-refractivity contribution in [3.8, 4) is 0 Å². The highest BCUT2D eigenvalue weighted by Crippen LogP contribution is 2.55. The molecule has 2 fully saturated rings.